The standard InChI is InChI=1S/C17H16O2/c1-2-7-14(12-13-8-4-3-5-9-13)15-10-6-11-16(18)17(15)19/h2-6,8-12,18-19H,1,7H2. The van der Waals surface area contributed by atoms with Crippen molar-refractivity contribution < 1.29 is 10.2 Å². The third-order valence-electron chi connectivity index (χ3n) is 2.87. The molecular formula is C17H16O2. The van der Waals surface area contributed by atoms with Crippen LogP contribution < -0.4 is 0 Å². The normalized spacial score (nSPS) is 11.3. The molecule has 0 radical (unpaired) electrons. The first-order valence-corrected chi connectivity index (χ1v) is 6.10. The van der Waals surface area contributed by atoms with Gasteiger partial charge in [0.1, 0.15) is 0 Å². The molecule has 0 heterocycles. The van der Waals surface area contributed by atoms with Gasteiger partial charge in [0, 0.05) is 5.56 Å². The molecule has 2 aromatic carbocycles. The van der Waals surface area contributed by atoms with Gasteiger partial charge in [0.25, 0.3) is 0 Å². The quantitative estimate of drug-likeness (QED) is 0.486. The average Bonchev–Trinajstić information content (AvgIpc) is 2.43. The van der Waals surface area contributed by atoms with E-state index >= 15 is 0 Å². The summed E-state index contributed by atoms with van der Waals surface area (Å²) in [5.41, 5.74) is 2.58. The second-order valence-electron chi connectivity index (χ2n) is 4.25. The number of aromatic hydroxyl groups is 2. The molecule has 2 nitrogen and oxygen atoms in total. The van der Waals surface area contributed by atoms with Crippen molar-refractivity contribution in [2.45, 2.75) is 6.42 Å². The Bertz CT molecular complexity index is 598. The van der Waals surface area contributed by atoms with Crippen molar-refractivity contribution in [2.24, 2.45) is 0 Å². The summed E-state index contributed by atoms with van der Waals surface area (Å²) in [6, 6.07) is 14.8. The molecule has 0 aliphatic rings. The van der Waals surface area contributed by atoms with Crippen LogP contribution in [0.3, 0.4) is 0 Å². The van der Waals surface area contributed by atoms with Crippen molar-refractivity contribution in [1.82, 2.24) is 0 Å². The van der Waals surface area contributed by atoms with E-state index in [1.165, 1.54) is 6.07 Å². The summed E-state index contributed by atoms with van der Waals surface area (Å²) in [4.78, 5) is 0. The Hall–Kier alpha value is -2.48. The first-order valence-electron chi connectivity index (χ1n) is 6.10. The summed E-state index contributed by atoms with van der Waals surface area (Å²) in [5.74, 6) is -0.202. The number of phenolic OH excluding ortho intramolecular Hbond substituents is 2. The predicted molar refractivity (Wildman–Crippen MR) is 78.9 cm³/mol. The fraction of sp³-hybridized carbons (Fsp3) is 0.0588. The van der Waals surface area contributed by atoms with Gasteiger partial charge in [-0.15, -0.1) is 6.58 Å². The molecular weight excluding hydrogens is 236 g/mol. The zero-order chi connectivity index (χ0) is 13.7. The fourth-order valence-electron chi connectivity index (χ4n) is 1.94. The van der Waals surface area contributed by atoms with Gasteiger partial charge in [0.2, 0.25) is 0 Å². The lowest BCUT2D eigenvalue weighted by Crippen LogP contribution is -1.86. The fourth-order valence-corrected chi connectivity index (χ4v) is 1.94. The molecule has 19 heavy (non-hydrogen) atoms. The number of benzene rings is 2. The minimum absolute atomic E-state index is 0.0912. The molecule has 0 spiro atoms. The van der Waals surface area contributed by atoms with E-state index in [1.807, 2.05) is 36.4 Å². The van der Waals surface area contributed by atoms with Crippen LogP contribution in [0.15, 0.2) is 61.2 Å². The molecule has 0 amide bonds. The smallest absolute Gasteiger partial charge is 0.165 e. The van der Waals surface area contributed by atoms with Crippen LogP contribution in [-0.4, -0.2) is 10.2 Å². The molecule has 2 aromatic rings. The molecule has 0 aliphatic heterocycles. The molecule has 0 saturated heterocycles. The molecule has 2 N–H and O–H groups in total. The van der Waals surface area contributed by atoms with Crippen LogP contribution in [0.2, 0.25) is 0 Å². The predicted octanol–water partition coefficient (Wildman–Crippen LogP) is 4.21. The maximum Gasteiger partial charge on any atom is 0.165 e. The van der Waals surface area contributed by atoms with E-state index in [1.54, 1.807) is 18.2 Å². The van der Waals surface area contributed by atoms with Crippen LogP contribution in [0.5, 0.6) is 11.5 Å². The van der Waals surface area contributed by atoms with Gasteiger partial charge in [-0.1, -0.05) is 54.6 Å². The number of hydrogen-bond donors (Lipinski definition) is 2. The highest BCUT2D eigenvalue weighted by Gasteiger charge is 2.09. The molecule has 0 unspecified atom stereocenters. The van der Waals surface area contributed by atoms with Gasteiger partial charge in [-0.3, -0.25) is 0 Å². The highest BCUT2D eigenvalue weighted by Crippen LogP contribution is 2.35. The van der Waals surface area contributed by atoms with E-state index in [4.69, 9.17) is 0 Å². The Morgan fingerprint density at radius 3 is 2.42 bits per heavy atom. The summed E-state index contributed by atoms with van der Waals surface area (Å²) >= 11 is 0. The van der Waals surface area contributed by atoms with E-state index in [0.717, 1.165) is 11.1 Å². The molecule has 2 heteroatoms. The van der Waals surface area contributed by atoms with Gasteiger partial charge >= 0.3 is 0 Å². The summed E-state index contributed by atoms with van der Waals surface area (Å²) in [6.07, 6.45) is 4.38. The van der Waals surface area contributed by atoms with Crippen molar-refractivity contribution in [3.8, 4) is 11.5 Å². The summed E-state index contributed by atoms with van der Waals surface area (Å²) in [6.45, 7) is 3.73. The van der Waals surface area contributed by atoms with Crippen molar-refractivity contribution >= 4 is 11.6 Å². The number of hydrogen-bond acceptors (Lipinski definition) is 2. The maximum atomic E-state index is 9.95. The lowest BCUT2D eigenvalue weighted by Gasteiger charge is -2.09. The van der Waals surface area contributed by atoms with Crippen molar-refractivity contribution in [2.75, 3.05) is 0 Å². The molecule has 2 rings (SSSR count). The third kappa shape index (κ3) is 3.05. The van der Waals surface area contributed by atoms with Crippen LogP contribution in [-0.2, 0) is 0 Å². The van der Waals surface area contributed by atoms with Crippen molar-refractivity contribution in [3.63, 3.8) is 0 Å². The number of para-hydroxylation sites is 1. The molecule has 0 bridgehead atoms. The second kappa shape index (κ2) is 5.91. The van der Waals surface area contributed by atoms with Gasteiger partial charge in [-0.25, -0.2) is 0 Å². The zero-order valence-corrected chi connectivity index (χ0v) is 10.6. The third-order valence-corrected chi connectivity index (χ3v) is 2.87. The Kier molecular flexibility index (Phi) is 4.04. The first-order chi connectivity index (χ1) is 9.22. The number of phenols is 2. The summed E-state index contributed by atoms with van der Waals surface area (Å²) in [7, 11) is 0. The van der Waals surface area contributed by atoms with Crippen LogP contribution in [0.4, 0.5) is 0 Å². The minimum Gasteiger partial charge on any atom is -0.504 e. The van der Waals surface area contributed by atoms with Gasteiger partial charge in [0.05, 0.1) is 0 Å². The van der Waals surface area contributed by atoms with E-state index in [2.05, 4.69) is 6.58 Å². The van der Waals surface area contributed by atoms with Crippen LogP contribution in [0.1, 0.15) is 17.5 Å². The number of rotatable bonds is 4. The van der Waals surface area contributed by atoms with E-state index in [-0.39, 0.29) is 11.5 Å². The Balaban J connectivity index is 2.49. The Morgan fingerprint density at radius 2 is 1.74 bits per heavy atom. The molecule has 0 saturated carbocycles. The van der Waals surface area contributed by atoms with Gasteiger partial charge in [-0.05, 0) is 23.6 Å². The van der Waals surface area contributed by atoms with E-state index < -0.39 is 0 Å². The lowest BCUT2D eigenvalue weighted by atomic mass is 9.98. The van der Waals surface area contributed by atoms with Crippen molar-refractivity contribution in [3.05, 3.63) is 72.3 Å². The Labute approximate surface area is 113 Å². The highest BCUT2D eigenvalue weighted by atomic mass is 16.3. The SMILES string of the molecule is C=CCC(=Cc1ccccc1)c1cccc(O)c1O. The van der Waals surface area contributed by atoms with Gasteiger partial charge < -0.3 is 10.2 Å². The topological polar surface area (TPSA) is 40.5 Å². The van der Waals surface area contributed by atoms with Crippen LogP contribution in [0.25, 0.3) is 11.6 Å². The second-order valence-corrected chi connectivity index (χ2v) is 4.25. The first kappa shape index (κ1) is 13.0. The lowest BCUT2D eigenvalue weighted by molar-refractivity contribution is 0.402. The zero-order valence-electron chi connectivity index (χ0n) is 10.6. The monoisotopic (exact) mass is 252 g/mol. The van der Waals surface area contributed by atoms with Gasteiger partial charge in [-0.2, -0.15) is 0 Å². The number of allylic oxidation sites excluding steroid dienone is 2. The maximum absolute atomic E-state index is 9.95. The summed E-state index contributed by atoms with van der Waals surface area (Å²) in [5, 5.41) is 19.5. The average molecular weight is 252 g/mol. The van der Waals surface area contributed by atoms with Crippen molar-refractivity contribution in [1.29, 1.82) is 0 Å². The van der Waals surface area contributed by atoms with Crippen LogP contribution in [0, 0.1) is 0 Å². The molecule has 0 aliphatic carbocycles. The minimum atomic E-state index is -0.111. The summed E-state index contributed by atoms with van der Waals surface area (Å²) < 4.78 is 0. The Morgan fingerprint density at radius 1 is 1.00 bits per heavy atom. The molecule has 96 valence electrons. The van der Waals surface area contributed by atoms with E-state index in [9.17, 15) is 10.2 Å². The molecule has 0 atom stereocenters. The largest absolute Gasteiger partial charge is 0.504 e. The van der Waals surface area contributed by atoms with Gasteiger partial charge in [0.15, 0.2) is 11.5 Å². The molecule has 0 aromatic heterocycles. The van der Waals surface area contributed by atoms with E-state index in [0.29, 0.717) is 12.0 Å². The highest BCUT2D eigenvalue weighted by molar-refractivity contribution is 5.85. The molecule has 0 fully saturated rings. The van der Waals surface area contributed by atoms with Crippen LogP contribution >= 0.6 is 0 Å².